The largest absolute Gasteiger partial charge is 0.396 e. The maximum Gasteiger partial charge on any atom is 0.134 e. The zero-order valence-electron chi connectivity index (χ0n) is 11.7. The molecule has 2 atom stereocenters. The number of nitrogen functional groups attached to an aromatic ring is 1. The molecule has 0 aliphatic rings. The van der Waals surface area contributed by atoms with Gasteiger partial charge >= 0.3 is 0 Å². The minimum Gasteiger partial charge on any atom is -0.396 e. The van der Waals surface area contributed by atoms with Crippen molar-refractivity contribution in [2.75, 3.05) is 17.7 Å². The third-order valence-corrected chi connectivity index (χ3v) is 3.21. The Hall–Kier alpha value is -1.36. The molecular formula is C13H24N4O. The fraction of sp³-hybridized carbons (Fsp3) is 0.692. The first-order valence-electron chi connectivity index (χ1n) is 6.49. The van der Waals surface area contributed by atoms with Crippen LogP contribution in [0.25, 0.3) is 0 Å². The standard InChI is InChI=1S/C13H24N4O/c1-5-6-11-16-12(14)9(3)13(17-11)15-10(4)8(2)7-18/h8,10,18H,5-7H2,1-4H3,(H3,14,15,16,17). The molecule has 1 aromatic rings. The number of nitrogens with one attached hydrogen (secondary N) is 1. The predicted octanol–water partition coefficient (Wildman–Crippen LogP) is 1.75. The van der Waals surface area contributed by atoms with Crippen LogP contribution in [0.15, 0.2) is 0 Å². The average molecular weight is 252 g/mol. The molecule has 0 aliphatic carbocycles. The molecule has 2 unspecified atom stereocenters. The van der Waals surface area contributed by atoms with Gasteiger partial charge in [-0.2, -0.15) is 0 Å². The van der Waals surface area contributed by atoms with Gasteiger partial charge in [0.05, 0.1) is 0 Å². The molecule has 1 rings (SSSR count). The van der Waals surface area contributed by atoms with Crippen LogP contribution in [0.3, 0.4) is 0 Å². The number of nitrogens with two attached hydrogens (primary N) is 1. The quantitative estimate of drug-likeness (QED) is 0.718. The van der Waals surface area contributed by atoms with Crippen LogP contribution in [-0.4, -0.2) is 27.7 Å². The summed E-state index contributed by atoms with van der Waals surface area (Å²) in [6.45, 7) is 8.16. The van der Waals surface area contributed by atoms with Crippen LogP contribution >= 0.6 is 0 Å². The number of aryl methyl sites for hydroxylation is 1. The molecule has 0 aliphatic heterocycles. The first kappa shape index (κ1) is 14.7. The summed E-state index contributed by atoms with van der Waals surface area (Å²) in [4.78, 5) is 8.77. The van der Waals surface area contributed by atoms with Crippen LogP contribution in [0.5, 0.6) is 0 Å². The van der Waals surface area contributed by atoms with Crippen LogP contribution < -0.4 is 11.1 Å². The van der Waals surface area contributed by atoms with Crippen LogP contribution in [-0.2, 0) is 6.42 Å². The lowest BCUT2D eigenvalue weighted by atomic mass is 10.1. The van der Waals surface area contributed by atoms with Crippen molar-refractivity contribution in [2.24, 2.45) is 5.92 Å². The Morgan fingerprint density at radius 3 is 2.56 bits per heavy atom. The summed E-state index contributed by atoms with van der Waals surface area (Å²) in [5.41, 5.74) is 6.76. The van der Waals surface area contributed by atoms with Gasteiger partial charge in [0.1, 0.15) is 17.5 Å². The number of rotatable bonds is 6. The molecule has 18 heavy (non-hydrogen) atoms. The van der Waals surface area contributed by atoms with Gasteiger partial charge in [0.15, 0.2) is 0 Å². The number of aromatic nitrogens is 2. The van der Waals surface area contributed by atoms with Gasteiger partial charge in [0.2, 0.25) is 0 Å². The zero-order valence-corrected chi connectivity index (χ0v) is 11.7. The number of hydrogen-bond donors (Lipinski definition) is 3. The molecule has 1 aromatic heterocycles. The van der Waals surface area contributed by atoms with Gasteiger partial charge in [-0.15, -0.1) is 0 Å². The van der Waals surface area contributed by atoms with Gasteiger partial charge in [-0.1, -0.05) is 13.8 Å². The molecule has 5 heteroatoms. The lowest BCUT2D eigenvalue weighted by molar-refractivity contribution is 0.226. The molecule has 102 valence electrons. The summed E-state index contributed by atoms with van der Waals surface area (Å²) in [7, 11) is 0. The predicted molar refractivity (Wildman–Crippen MR) is 74.5 cm³/mol. The second kappa shape index (κ2) is 6.54. The van der Waals surface area contributed by atoms with Gasteiger partial charge < -0.3 is 16.2 Å². The van der Waals surface area contributed by atoms with E-state index in [1.165, 1.54) is 0 Å². The van der Waals surface area contributed by atoms with E-state index < -0.39 is 0 Å². The summed E-state index contributed by atoms with van der Waals surface area (Å²) in [5, 5.41) is 12.5. The monoisotopic (exact) mass is 252 g/mol. The molecule has 0 bridgehead atoms. The van der Waals surface area contributed by atoms with Gasteiger partial charge in [-0.05, 0) is 26.2 Å². The van der Waals surface area contributed by atoms with Crippen molar-refractivity contribution in [2.45, 2.75) is 46.6 Å². The Balaban J connectivity index is 2.93. The number of nitrogens with zero attached hydrogens (tertiary/aromatic N) is 2. The molecule has 0 aromatic carbocycles. The summed E-state index contributed by atoms with van der Waals surface area (Å²) >= 11 is 0. The first-order valence-corrected chi connectivity index (χ1v) is 6.49. The van der Waals surface area contributed by atoms with Crippen LogP contribution in [0.1, 0.15) is 38.6 Å². The molecule has 4 N–H and O–H groups in total. The molecule has 0 radical (unpaired) electrons. The van der Waals surface area contributed by atoms with E-state index in [1.54, 1.807) is 0 Å². The zero-order chi connectivity index (χ0) is 13.7. The SMILES string of the molecule is CCCc1nc(N)c(C)c(NC(C)C(C)CO)n1. The van der Waals surface area contributed by atoms with Gasteiger partial charge in [-0.25, -0.2) is 9.97 Å². The summed E-state index contributed by atoms with van der Waals surface area (Å²) < 4.78 is 0. The fourth-order valence-electron chi connectivity index (χ4n) is 1.57. The van der Waals surface area contributed by atoms with E-state index >= 15 is 0 Å². The van der Waals surface area contributed by atoms with Crippen LogP contribution in [0, 0.1) is 12.8 Å². The Labute approximate surface area is 109 Å². The second-order valence-electron chi connectivity index (χ2n) is 4.84. The first-order chi connectivity index (χ1) is 8.49. The van der Waals surface area contributed by atoms with Crippen LogP contribution in [0.4, 0.5) is 11.6 Å². The summed E-state index contributed by atoms with van der Waals surface area (Å²) in [5.74, 6) is 2.24. The molecular weight excluding hydrogens is 228 g/mol. The third kappa shape index (κ3) is 3.57. The van der Waals surface area contributed by atoms with Crippen molar-refractivity contribution in [1.82, 2.24) is 9.97 Å². The molecule has 0 saturated carbocycles. The molecule has 0 amide bonds. The minimum atomic E-state index is 0.137. The molecule has 1 heterocycles. The van der Waals surface area contributed by atoms with E-state index in [4.69, 9.17) is 10.8 Å². The van der Waals surface area contributed by atoms with Gasteiger partial charge in [0.25, 0.3) is 0 Å². The van der Waals surface area contributed by atoms with Crippen molar-refractivity contribution < 1.29 is 5.11 Å². The molecule has 0 spiro atoms. The van der Waals surface area contributed by atoms with E-state index in [0.29, 0.717) is 5.82 Å². The van der Waals surface area contributed by atoms with Gasteiger partial charge in [0, 0.05) is 24.6 Å². The fourth-order valence-corrected chi connectivity index (χ4v) is 1.57. The third-order valence-electron chi connectivity index (χ3n) is 3.21. The van der Waals surface area contributed by atoms with Crippen LogP contribution in [0.2, 0.25) is 0 Å². The Bertz CT molecular complexity index is 395. The van der Waals surface area contributed by atoms with E-state index in [9.17, 15) is 0 Å². The smallest absolute Gasteiger partial charge is 0.134 e. The van der Waals surface area contributed by atoms with E-state index in [1.807, 2.05) is 20.8 Å². The highest BCUT2D eigenvalue weighted by Crippen LogP contribution is 2.20. The number of aliphatic hydroxyl groups is 1. The van der Waals surface area contributed by atoms with Crippen molar-refractivity contribution in [3.8, 4) is 0 Å². The van der Waals surface area contributed by atoms with Crippen molar-refractivity contribution in [1.29, 1.82) is 0 Å². The van der Waals surface area contributed by atoms with E-state index in [-0.39, 0.29) is 18.6 Å². The number of anilines is 2. The number of hydrogen-bond acceptors (Lipinski definition) is 5. The lowest BCUT2D eigenvalue weighted by Gasteiger charge is -2.21. The number of aliphatic hydroxyl groups excluding tert-OH is 1. The highest BCUT2D eigenvalue weighted by Gasteiger charge is 2.15. The highest BCUT2D eigenvalue weighted by molar-refractivity contribution is 5.55. The summed E-state index contributed by atoms with van der Waals surface area (Å²) in [6, 6.07) is 0.137. The van der Waals surface area contributed by atoms with E-state index in [2.05, 4.69) is 22.2 Å². The minimum absolute atomic E-state index is 0.137. The lowest BCUT2D eigenvalue weighted by Crippen LogP contribution is -2.27. The van der Waals surface area contributed by atoms with Gasteiger partial charge in [-0.3, -0.25) is 0 Å². The molecule has 0 saturated heterocycles. The maximum atomic E-state index is 9.15. The molecule has 5 nitrogen and oxygen atoms in total. The highest BCUT2D eigenvalue weighted by atomic mass is 16.3. The molecule has 0 fully saturated rings. The normalized spacial score (nSPS) is 14.3. The maximum absolute atomic E-state index is 9.15. The Kier molecular flexibility index (Phi) is 5.34. The van der Waals surface area contributed by atoms with Crippen molar-refractivity contribution >= 4 is 11.6 Å². The van der Waals surface area contributed by atoms with Crippen molar-refractivity contribution in [3.05, 3.63) is 11.4 Å². The summed E-state index contributed by atoms with van der Waals surface area (Å²) in [6.07, 6.45) is 1.81. The Morgan fingerprint density at radius 2 is 2.00 bits per heavy atom. The second-order valence-corrected chi connectivity index (χ2v) is 4.84. The van der Waals surface area contributed by atoms with Crippen molar-refractivity contribution in [3.63, 3.8) is 0 Å². The van der Waals surface area contributed by atoms with E-state index in [0.717, 1.165) is 30.0 Å². The topological polar surface area (TPSA) is 84.1 Å². The average Bonchev–Trinajstić information content (AvgIpc) is 2.34. The Morgan fingerprint density at radius 1 is 1.33 bits per heavy atom.